The molecule has 130 valence electrons. The molecule has 0 fully saturated rings. The number of methoxy groups -OCH3 is 1. The second kappa shape index (κ2) is 8.44. The average Bonchev–Trinajstić information content (AvgIpc) is 2.64. The molecule has 0 radical (unpaired) electrons. The van der Waals surface area contributed by atoms with Crippen LogP contribution in [0, 0.1) is 10.1 Å². The number of amides is 1. The van der Waals surface area contributed by atoms with Crippen LogP contribution in [-0.4, -0.2) is 30.2 Å². The molecule has 0 aromatic heterocycles. The predicted molar refractivity (Wildman–Crippen MR) is 94.9 cm³/mol. The van der Waals surface area contributed by atoms with Gasteiger partial charge in [0.05, 0.1) is 30.0 Å². The lowest BCUT2D eigenvalue weighted by molar-refractivity contribution is -0.384. The Morgan fingerprint density at radius 2 is 2.00 bits per heavy atom. The Labute approximate surface area is 144 Å². The summed E-state index contributed by atoms with van der Waals surface area (Å²) in [5, 5.41) is 17.7. The van der Waals surface area contributed by atoms with Crippen molar-refractivity contribution >= 4 is 23.0 Å². The van der Waals surface area contributed by atoms with E-state index in [4.69, 9.17) is 4.74 Å². The number of nitrogens with zero attached hydrogens (tertiary/aromatic N) is 2. The Kier molecular flexibility index (Phi) is 6.05. The smallest absolute Gasteiger partial charge is 0.270 e. The summed E-state index contributed by atoms with van der Waals surface area (Å²) in [4.78, 5) is 22.2. The average molecular weight is 342 g/mol. The van der Waals surface area contributed by atoms with Crippen molar-refractivity contribution in [2.45, 2.75) is 6.92 Å². The normalized spacial score (nSPS) is 10.9. The number of nitro groups is 1. The highest BCUT2D eigenvalue weighted by Gasteiger charge is 2.08. The number of hydrazone groups is 1. The fourth-order valence-electron chi connectivity index (χ4n) is 2.06. The maximum atomic E-state index is 11.9. The van der Waals surface area contributed by atoms with Crippen LogP contribution >= 0.6 is 0 Å². The van der Waals surface area contributed by atoms with E-state index in [-0.39, 0.29) is 18.1 Å². The van der Waals surface area contributed by atoms with E-state index in [1.807, 2.05) is 12.1 Å². The summed E-state index contributed by atoms with van der Waals surface area (Å²) >= 11 is 0. The highest BCUT2D eigenvalue weighted by Crippen LogP contribution is 2.22. The highest BCUT2D eigenvalue weighted by molar-refractivity contribution is 5.99. The van der Waals surface area contributed by atoms with Crippen molar-refractivity contribution in [3.8, 4) is 5.75 Å². The van der Waals surface area contributed by atoms with Gasteiger partial charge in [-0.15, -0.1) is 0 Å². The van der Waals surface area contributed by atoms with Gasteiger partial charge in [0.25, 0.3) is 11.6 Å². The number of nitro benzene ring substituents is 1. The molecule has 2 N–H and O–H groups in total. The monoisotopic (exact) mass is 342 g/mol. The molecule has 2 aromatic rings. The molecule has 0 bridgehead atoms. The third-order valence-electron chi connectivity index (χ3n) is 3.37. The number of carbonyl (C=O) groups excluding carboxylic acids is 1. The molecule has 0 atom stereocenters. The number of benzene rings is 2. The quantitative estimate of drug-likeness (QED) is 0.457. The molecule has 8 heteroatoms. The van der Waals surface area contributed by atoms with E-state index in [9.17, 15) is 14.9 Å². The summed E-state index contributed by atoms with van der Waals surface area (Å²) in [5.41, 5.74) is 4.11. The third-order valence-corrected chi connectivity index (χ3v) is 3.37. The molecular formula is C17H18N4O4. The number of hydrogen-bond donors (Lipinski definition) is 2. The van der Waals surface area contributed by atoms with E-state index in [1.165, 1.54) is 12.1 Å². The van der Waals surface area contributed by atoms with Crippen molar-refractivity contribution in [1.82, 2.24) is 5.43 Å². The number of para-hydroxylation sites is 2. The number of rotatable bonds is 7. The fourth-order valence-corrected chi connectivity index (χ4v) is 2.06. The van der Waals surface area contributed by atoms with Gasteiger partial charge in [0, 0.05) is 17.7 Å². The van der Waals surface area contributed by atoms with Crippen molar-refractivity contribution in [2.75, 3.05) is 19.0 Å². The van der Waals surface area contributed by atoms with Gasteiger partial charge in [0.2, 0.25) is 0 Å². The highest BCUT2D eigenvalue weighted by atomic mass is 16.6. The molecular weight excluding hydrogens is 324 g/mol. The van der Waals surface area contributed by atoms with Gasteiger partial charge in [-0.25, -0.2) is 5.43 Å². The van der Waals surface area contributed by atoms with Gasteiger partial charge >= 0.3 is 0 Å². The number of hydrogen-bond acceptors (Lipinski definition) is 6. The van der Waals surface area contributed by atoms with E-state index in [0.29, 0.717) is 22.7 Å². The maximum Gasteiger partial charge on any atom is 0.270 e. The van der Waals surface area contributed by atoms with E-state index in [2.05, 4.69) is 15.8 Å². The first kappa shape index (κ1) is 17.9. The summed E-state index contributed by atoms with van der Waals surface area (Å²) < 4.78 is 5.19. The van der Waals surface area contributed by atoms with Crippen molar-refractivity contribution in [1.29, 1.82) is 0 Å². The van der Waals surface area contributed by atoms with E-state index in [1.54, 1.807) is 38.3 Å². The zero-order valence-corrected chi connectivity index (χ0v) is 13.9. The fraction of sp³-hybridized carbons (Fsp3) is 0.176. The summed E-state index contributed by atoms with van der Waals surface area (Å²) in [6.45, 7) is 1.67. The second-order valence-electron chi connectivity index (χ2n) is 5.09. The van der Waals surface area contributed by atoms with Crippen LogP contribution in [0.25, 0.3) is 0 Å². The molecule has 0 aliphatic rings. The molecule has 25 heavy (non-hydrogen) atoms. The Morgan fingerprint density at radius 1 is 1.24 bits per heavy atom. The summed E-state index contributed by atoms with van der Waals surface area (Å²) in [6, 6.07) is 13.3. The second-order valence-corrected chi connectivity index (χ2v) is 5.09. The maximum absolute atomic E-state index is 11.9. The van der Waals surface area contributed by atoms with Crippen molar-refractivity contribution < 1.29 is 14.5 Å². The van der Waals surface area contributed by atoms with Gasteiger partial charge in [-0.1, -0.05) is 24.3 Å². The Morgan fingerprint density at radius 3 is 2.72 bits per heavy atom. The van der Waals surface area contributed by atoms with Crippen LogP contribution in [0.3, 0.4) is 0 Å². The van der Waals surface area contributed by atoms with E-state index >= 15 is 0 Å². The van der Waals surface area contributed by atoms with Crippen LogP contribution in [-0.2, 0) is 4.79 Å². The molecule has 2 aromatic carbocycles. The number of ether oxygens (including phenoxy) is 1. The molecule has 0 aliphatic heterocycles. The summed E-state index contributed by atoms with van der Waals surface area (Å²) in [6.07, 6.45) is 0. The topological polar surface area (TPSA) is 106 Å². The van der Waals surface area contributed by atoms with Crippen LogP contribution in [0.2, 0.25) is 0 Å². The molecule has 0 saturated heterocycles. The minimum absolute atomic E-state index is 0.00604. The van der Waals surface area contributed by atoms with Gasteiger partial charge in [-0.05, 0) is 19.1 Å². The molecule has 8 nitrogen and oxygen atoms in total. The summed E-state index contributed by atoms with van der Waals surface area (Å²) in [5.74, 6) is 0.280. The van der Waals surface area contributed by atoms with Crippen molar-refractivity contribution in [3.05, 3.63) is 64.2 Å². The Bertz CT molecular complexity index is 805. The molecule has 0 spiro atoms. The van der Waals surface area contributed by atoms with E-state index in [0.717, 1.165) is 0 Å². The molecule has 2 rings (SSSR count). The number of carbonyl (C=O) groups is 1. The van der Waals surface area contributed by atoms with Gasteiger partial charge in [0.15, 0.2) is 0 Å². The van der Waals surface area contributed by atoms with Crippen LogP contribution in [0.4, 0.5) is 11.4 Å². The number of nitrogens with one attached hydrogen (secondary N) is 2. The van der Waals surface area contributed by atoms with Gasteiger partial charge in [-0.2, -0.15) is 5.10 Å². The third kappa shape index (κ3) is 5.03. The molecule has 0 heterocycles. The lowest BCUT2D eigenvalue weighted by Crippen LogP contribution is -2.26. The first-order chi connectivity index (χ1) is 12.0. The predicted octanol–water partition coefficient (Wildman–Crippen LogP) is 2.56. The van der Waals surface area contributed by atoms with Crippen molar-refractivity contribution in [3.63, 3.8) is 0 Å². The lowest BCUT2D eigenvalue weighted by atomic mass is 10.1. The molecule has 1 amide bonds. The van der Waals surface area contributed by atoms with Gasteiger partial charge in [0.1, 0.15) is 5.75 Å². The SMILES string of the molecule is COc1ccccc1NCC(=O)NN=C(C)c1cccc([N+](=O)[O-])c1. The lowest BCUT2D eigenvalue weighted by Gasteiger charge is -2.10. The van der Waals surface area contributed by atoms with Crippen molar-refractivity contribution in [2.24, 2.45) is 5.10 Å². The summed E-state index contributed by atoms with van der Waals surface area (Å²) in [7, 11) is 1.55. The zero-order chi connectivity index (χ0) is 18.2. The van der Waals surface area contributed by atoms with Crippen LogP contribution in [0.1, 0.15) is 12.5 Å². The number of anilines is 1. The Hall–Kier alpha value is -3.42. The Balaban J connectivity index is 1.95. The van der Waals surface area contributed by atoms with Crippen LogP contribution in [0.15, 0.2) is 53.6 Å². The largest absolute Gasteiger partial charge is 0.495 e. The number of non-ortho nitro benzene ring substituents is 1. The van der Waals surface area contributed by atoms with Gasteiger partial charge < -0.3 is 10.1 Å². The van der Waals surface area contributed by atoms with Gasteiger partial charge in [-0.3, -0.25) is 14.9 Å². The first-order valence-electron chi connectivity index (χ1n) is 7.46. The standard InChI is InChI=1S/C17H18N4O4/c1-12(13-6-5-7-14(10-13)21(23)24)19-20-17(22)11-18-15-8-3-4-9-16(15)25-2/h3-10,18H,11H2,1-2H3,(H,20,22). The van der Waals surface area contributed by atoms with Crippen LogP contribution in [0.5, 0.6) is 5.75 Å². The minimum atomic E-state index is -0.480. The van der Waals surface area contributed by atoms with E-state index < -0.39 is 4.92 Å². The van der Waals surface area contributed by atoms with Crippen LogP contribution < -0.4 is 15.5 Å². The molecule has 0 unspecified atom stereocenters. The molecule has 0 aliphatic carbocycles. The molecule has 0 saturated carbocycles. The zero-order valence-electron chi connectivity index (χ0n) is 13.9. The first-order valence-corrected chi connectivity index (χ1v) is 7.46. The minimum Gasteiger partial charge on any atom is -0.495 e.